The number of rotatable bonds is 2. The molecule has 0 radical (unpaired) electrons. The molecule has 0 aliphatic rings. The second-order valence-electron chi connectivity index (χ2n) is 6.49. The van der Waals surface area contributed by atoms with Crippen LogP contribution in [0.1, 0.15) is 83.1 Å². The van der Waals surface area contributed by atoms with E-state index >= 15 is 0 Å². The molecule has 0 spiro atoms. The highest BCUT2D eigenvalue weighted by atomic mass is 14.9. The summed E-state index contributed by atoms with van der Waals surface area (Å²) in [5, 5.41) is 0. The highest BCUT2D eigenvalue weighted by molar-refractivity contribution is 5.34. The zero-order valence-corrected chi connectivity index (χ0v) is 12.5. The summed E-state index contributed by atoms with van der Waals surface area (Å²) in [6.45, 7) is 17.5. The topological polar surface area (TPSA) is 25.8 Å². The van der Waals surface area contributed by atoms with Gasteiger partial charge < -0.3 is 0 Å². The fourth-order valence-corrected chi connectivity index (χ4v) is 2.22. The summed E-state index contributed by atoms with van der Waals surface area (Å²) in [7, 11) is 0. The lowest BCUT2D eigenvalue weighted by molar-refractivity contribution is 0.553. The van der Waals surface area contributed by atoms with E-state index in [9.17, 15) is 0 Å². The maximum Gasteiger partial charge on any atom is 0.131 e. The van der Waals surface area contributed by atoms with Gasteiger partial charge in [-0.25, -0.2) is 9.97 Å². The van der Waals surface area contributed by atoms with Crippen LogP contribution >= 0.6 is 0 Å². The van der Waals surface area contributed by atoms with E-state index in [2.05, 4.69) is 60.4 Å². The van der Waals surface area contributed by atoms with Crippen LogP contribution in [0.5, 0.6) is 0 Å². The largest absolute Gasteiger partial charge is 0.238 e. The van der Waals surface area contributed by atoms with Gasteiger partial charge in [-0.2, -0.15) is 0 Å². The van der Waals surface area contributed by atoms with Crippen LogP contribution in [0.15, 0.2) is 0 Å². The predicted octanol–water partition coefficient (Wildman–Crippen LogP) is 4.33. The van der Waals surface area contributed by atoms with E-state index in [1.54, 1.807) is 0 Å². The van der Waals surface area contributed by atoms with Crippen LogP contribution in [0.2, 0.25) is 0 Å². The molecular formula is C15H26N2. The molecular weight excluding hydrogens is 208 g/mol. The molecule has 0 amide bonds. The van der Waals surface area contributed by atoms with Crippen LogP contribution in [0.25, 0.3) is 0 Å². The molecule has 1 aromatic rings. The molecule has 2 nitrogen and oxygen atoms in total. The number of aromatic nitrogens is 2. The van der Waals surface area contributed by atoms with Crippen LogP contribution in [-0.4, -0.2) is 9.97 Å². The summed E-state index contributed by atoms with van der Waals surface area (Å²) < 4.78 is 0. The summed E-state index contributed by atoms with van der Waals surface area (Å²) >= 11 is 0. The fraction of sp³-hybridized carbons (Fsp3) is 0.733. The highest BCUT2D eigenvalue weighted by Gasteiger charge is 2.25. The maximum absolute atomic E-state index is 4.79. The van der Waals surface area contributed by atoms with Crippen LogP contribution in [0.4, 0.5) is 0 Å². The first kappa shape index (κ1) is 14.1. The van der Waals surface area contributed by atoms with Gasteiger partial charge >= 0.3 is 0 Å². The molecule has 0 atom stereocenters. The van der Waals surface area contributed by atoms with Crippen LogP contribution < -0.4 is 0 Å². The molecule has 0 aliphatic carbocycles. The Bertz CT molecular complexity index is 398. The number of hydrogen-bond donors (Lipinski definition) is 0. The average molecular weight is 234 g/mol. The molecule has 1 rings (SSSR count). The number of aryl methyl sites for hydroxylation is 1. The number of nitrogens with zero attached hydrogens (tertiary/aromatic N) is 2. The zero-order valence-electron chi connectivity index (χ0n) is 12.5. The zero-order chi connectivity index (χ0) is 13.4. The minimum absolute atomic E-state index is 0.110. The molecule has 0 saturated heterocycles. The summed E-state index contributed by atoms with van der Waals surface area (Å²) in [4.78, 5) is 9.46. The Morgan fingerprint density at radius 3 is 1.76 bits per heavy atom. The van der Waals surface area contributed by atoms with Crippen molar-refractivity contribution in [3.8, 4) is 0 Å². The van der Waals surface area contributed by atoms with Gasteiger partial charge in [0.2, 0.25) is 0 Å². The predicted molar refractivity (Wildman–Crippen MR) is 73.6 cm³/mol. The summed E-state index contributed by atoms with van der Waals surface area (Å²) in [5.41, 5.74) is 3.78. The quantitative estimate of drug-likeness (QED) is 0.761. The molecule has 0 unspecified atom stereocenters. The highest BCUT2D eigenvalue weighted by Crippen LogP contribution is 2.32. The van der Waals surface area contributed by atoms with Gasteiger partial charge in [-0.3, -0.25) is 0 Å². The lowest BCUT2D eigenvalue weighted by atomic mass is 9.82. The van der Waals surface area contributed by atoms with Crippen molar-refractivity contribution in [2.24, 2.45) is 0 Å². The minimum atomic E-state index is 0.110. The third-order valence-electron chi connectivity index (χ3n) is 2.95. The second-order valence-corrected chi connectivity index (χ2v) is 6.49. The van der Waals surface area contributed by atoms with Gasteiger partial charge in [0.05, 0.1) is 5.69 Å². The SMILES string of the molecule is Cc1nc(C(C)C)nc(C(C)C)c1C(C)(C)C. The van der Waals surface area contributed by atoms with E-state index in [0.29, 0.717) is 11.8 Å². The van der Waals surface area contributed by atoms with Gasteiger partial charge in [-0.05, 0) is 18.3 Å². The normalized spacial score (nSPS) is 12.6. The van der Waals surface area contributed by atoms with Crippen molar-refractivity contribution in [1.29, 1.82) is 0 Å². The molecule has 0 aromatic carbocycles. The Hall–Kier alpha value is -0.920. The standard InChI is InChI=1S/C15H26N2/c1-9(2)13-12(15(6,7)8)11(5)16-14(17-13)10(3)4/h9-10H,1-8H3. The molecule has 1 heterocycles. The van der Waals surface area contributed by atoms with Crippen molar-refractivity contribution in [3.05, 3.63) is 22.8 Å². The van der Waals surface area contributed by atoms with E-state index in [1.807, 2.05) is 0 Å². The van der Waals surface area contributed by atoms with E-state index in [1.165, 1.54) is 11.3 Å². The Kier molecular flexibility index (Phi) is 3.95. The van der Waals surface area contributed by atoms with E-state index < -0.39 is 0 Å². The first-order chi connectivity index (χ1) is 7.64. The monoisotopic (exact) mass is 234 g/mol. The van der Waals surface area contributed by atoms with E-state index in [0.717, 1.165) is 11.5 Å². The molecule has 0 fully saturated rings. The summed E-state index contributed by atoms with van der Waals surface area (Å²) in [5.74, 6) is 1.81. The molecule has 2 heteroatoms. The van der Waals surface area contributed by atoms with Crippen molar-refractivity contribution < 1.29 is 0 Å². The van der Waals surface area contributed by atoms with Gasteiger partial charge in [0.25, 0.3) is 0 Å². The van der Waals surface area contributed by atoms with Crippen molar-refractivity contribution in [2.75, 3.05) is 0 Å². The fourth-order valence-electron chi connectivity index (χ4n) is 2.22. The number of hydrogen-bond acceptors (Lipinski definition) is 2. The van der Waals surface area contributed by atoms with E-state index in [-0.39, 0.29) is 5.41 Å². The van der Waals surface area contributed by atoms with Gasteiger partial charge in [0, 0.05) is 17.2 Å². The smallest absolute Gasteiger partial charge is 0.131 e. The summed E-state index contributed by atoms with van der Waals surface area (Å²) in [6, 6.07) is 0. The van der Waals surface area contributed by atoms with Crippen molar-refractivity contribution in [3.63, 3.8) is 0 Å². The van der Waals surface area contributed by atoms with Crippen LogP contribution in [-0.2, 0) is 5.41 Å². The Balaban J connectivity index is 3.50. The van der Waals surface area contributed by atoms with E-state index in [4.69, 9.17) is 4.98 Å². The van der Waals surface area contributed by atoms with Crippen molar-refractivity contribution >= 4 is 0 Å². The Labute approximate surface area is 106 Å². The van der Waals surface area contributed by atoms with Crippen LogP contribution in [0, 0.1) is 6.92 Å². The first-order valence-corrected chi connectivity index (χ1v) is 6.53. The van der Waals surface area contributed by atoms with Crippen molar-refractivity contribution in [1.82, 2.24) is 9.97 Å². The lowest BCUT2D eigenvalue weighted by Crippen LogP contribution is -2.21. The summed E-state index contributed by atoms with van der Waals surface area (Å²) in [6.07, 6.45) is 0. The first-order valence-electron chi connectivity index (χ1n) is 6.53. The molecule has 0 aliphatic heterocycles. The van der Waals surface area contributed by atoms with Crippen molar-refractivity contribution in [2.45, 2.75) is 72.6 Å². The van der Waals surface area contributed by atoms with Crippen LogP contribution in [0.3, 0.4) is 0 Å². The Morgan fingerprint density at radius 1 is 0.882 bits per heavy atom. The van der Waals surface area contributed by atoms with Gasteiger partial charge in [0.15, 0.2) is 0 Å². The molecule has 0 saturated carbocycles. The van der Waals surface area contributed by atoms with Gasteiger partial charge in [0.1, 0.15) is 5.82 Å². The van der Waals surface area contributed by atoms with Gasteiger partial charge in [-0.1, -0.05) is 48.5 Å². The average Bonchev–Trinajstić information content (AvgIpc) is 2.13. The molecule has 17 heavy (non-hydrogen) atoms. The molecule has 1 aromatic heterocycles. The third-order valence-corrected chi connectivity index (χ3v) is 2.95. The molecule has 0 bridgehead atoms. The maximum atomic E-state index is 4.79. The van der Waals surface area contributed by atoms with Gasteiger partial charge in [-0.15, -0.1) is 0 Å². The second kappa shape index (κ2) is 4.75. The third kappa shape index (κ3) is 3.05. The Morgan fingerprint density at radius 2 is 1.41 bits per heavy atom. The lowest BCUT2D eigenvalue weighted by Gasteiger charge is -2.26. The molecule has 0 N–H and O–H groups in total. The molecule has 96 valence electrons. The minimum Gasteiger partial charge on any atom is -0.238 e.